The third-order valence-corrected chi connectivity index (χ3v) is 8.34. The molecule has 4 aromatic rings. The van der Waals surface area contributed by atoms with E-state index in [2.05, 4.69) is 31.1 Å². The van der Waals surface area contributed by atoms with Crippen LogP contribution in [0, 0.1) is 0 Å². The highest BCUT2D eigenvalue weighted by atomic mass is 35.5. The van der Waals surface area contributed by atoms with Gasteiger partial charge in [0.25, 0.3) is 11.8 Å². The molecule has 4 rings (SSSR count). The largest absolute Gasteiger partial charge is 0.492 e. The van der Waals surface area contributed by atoms with E-state index in [-0.39, 0.29) is 27.1 Å². The zero-order valence-electron chi connectivity index (χ0n) is 31.7. The Morgan fingerprint density at radius 1 is 0.589 bits per heavy atom. The predicted octanol–water partition coefficient (Wildman–Crippen LogP) is 9.62. The van der Waals surface area contributed by atoms with Crippen LogP contribution in [0.4, 0.5) is 22.7 Å². The number of para-hydroxylation sites is 2. The number of halogens is 2. The Kier molecular flexibility index (Phi) is 15.9. The van der Waals surface area contributed by atoms with Gasteiger partial charge in [-0.05, 0) is 95.6 Å². The van der Waals surface area contributed by atoms with Crippen molar-refractivity contribution in [2.24, 2.45) is 20.5 Å². The van der Waals surface area contributed by atoms with Crippen LogP contribution in [0.25, 0.3) is 11.1 Å². The van der Waals surface area contributed by atoms with Crippen molar-refractivity contribution in [2.75, 3.05) is 37.1 Å². The maximum absolute atomic E-state index is 13.3. The molecule has 0 saturated carbocycles. The zero-order valence-corrected chi connectivity index (χ0v) is 33.2. The van der Waals surface area contributed by atoms with Crippen molar-refractivity contribution in [2.45, 2.75) is 53.6 Å². The molecule has 2 N–H and O–H groups in total. The van der Waals surface area contributed by atoms with Crippen LogP contribution in [-0.2, 0) is 19.2 Å². The lowest BCUT2D eigenvalue weighted by molar-refractivity contribution is -0.127. The van der Waals surface area contributed by atoms with Gasteiger partial charge in [-0.3, -0.25) is 19.2 Å². The third-order valence-electron chi connectivity index (χ3n) is 7.72. The fraction of sp³-hybridized carbons (Fsp3) is 0.300. The molecule has 0 bridgehead atoms. The summed E-state index contributed by atoms with van der Waals surface area (Å²) in [4.78, 5) is 51.5. The van der Waals surface area contributed by atoms with E-state index in [1.54, 1.807) is 80.6 Å². The number of Topliss-reactive ketones (excluding diaryl/α,β-unsaturated/α-hetero) is 2. The number of rotatable bonds is 19. The molecule has 2 unspecified atom stereocenters. The second-order valence-corrected chi connectivity index (χ2v) is 12.6. The molecule has 0 heterocycles. The first kappa shape index (κ1) is 42.9. The molecule has 0 radical (unpaired) electrons. The number of hydrogen-bond acceptors (Lipinski definition) is 12. The molecule has 2 amide bonds. The number of ketones is 2. The van der Waals surface area contributed by atoms with Crippen molar-refractivity contribution >= 4 is 69.3 Å². The summed E-state index contributed by atoms with van der Waals surface area (Å²) in [5.41, 5.74) is 2.22. The number of carbonyl (C=O) groups excluding carboxylic acids is 4. The Morgan fingerprint density at radius 3 is 1.39 bits per heavy atom. The molecule has 0 spiro atoms. The number of anilines is 2. The Morgan fingerprint density at radius 2 is 1.00 bits per heavy atom. The second kappa shape index (κ2) is 20.7. The summed E-state index contributed by atoms with van der Waals surface area (Å²) in [7, 11) is 0. The van der Waals surface area contributed by atoms with E-state index >= 15 is 0 Å². The predicted molar refractivity (Wildman–Crippen MR) is 215 cm³/mol. The molecular formula is C40H42Cl2N6O8. The lowest BCUT2D eigenvalue weighted by Gasteiger charge is -2.17. The van der Waals surface area contributed by atoms with E-state index in [9.17, 15) is 19.2 Å². The molecule has 0 saturated heterocycles. The molecular weight excluding hydrogens is 763 g/mol. The van der Waals surface area contributed by atoms with Gasteiger partial charge in [0.2, 0.25) is 12.1 Å². The number of nitrogens with zero attached hydrogens (tertiary/aromatic N) is 4. The van der Waals surface area contributed by atoms with Crippen molar-refractivity contribution in [1.29, 1.82) is 0 Å². The van der Waals surface area contributed by atoms with Crippen LogP contribution < -0.4 is 29.6 Å². The molecule has 0 aromatic heterocycles. The van der Waals surface area contributed by atoms with Gasteiger partial charge in [-0.15, -0.1) is 0 Å². The normalized spacial score (nSPS) is 12.2. The van der Waals surface area contributed by atoms with Gasteiger partial charge in [0.15, 0.2) is 11.6 Å². The number of azo groups is 2. The highest BCUT2D eigenvalue weighted by molar-refractivity contribution is 6.37. The summed E-state index contributed by atoms with van der Waals surface area (Å²) in [5, 5.41) is 22.1. The van der Waals surface area contributed by atoms with Crippen LogP contribution in [0.5, 0.6) is 23.0 Å². The Labute approximate surface area is 334 Å². The van der Waals surface area contributed by atoms with Crippen LogP contribution in [0.2, 0.25) is 10.0 Å². The fourth-order valence-corrected chi connectivity index (χ4v) is 5.65. The SMILES string of the molecule is CCOc1cccc(OCC)c1NC(=O)C(N=Nc1ccc(-c2cc(Cl)c(N=NC(C(C)=O)C(=O)Nc3c(OCC)cccc3OCC)cc2Cl)cc1)C(C)=O. The summed E-state index contributed by atoms with van der Waals surface area (Å²) >= 11 is 13.2. The first-order valence-corrected chi connectivity index (χ1v) is 18.5. The maximum Gasteiger partial charge on any atom is 0.259 e. The summed E-state index contributed by atoms with van der Waals surface area (Å²) < 4.78 is 22.6. The van der Waals surface area contributed by atoms with Crippen LogP contribution >= 0.6 is 23.2 Å². The highest BCUT2D eigenvalue weighted by Crippen LogP contribution is 2.39. The third kappa shape index (κ3) is 11.1. The van der Waals surface area contributed by atoms with Gasteiger partial charge in [-0.1, -0.05) is 47.5 Å². The van der Waals surface area contributed by atoms with Crippen LogP contribution in [0.15, 0.2) is 93.3 Å². The minimum atomic E-state index is -1.51. The van der Waals surface area contributed by atoms with Crippen molar-refractivity contribution in [3.8, 4) is 34.1 Å². The van der Waals surface area contributed by atoms with E-state index in [1.807, 2.05) is 13.8 Å². The second-order valence-electron chi connectivity index (χ2n) is 11.8. The number of amides is 2. The lowest BCUT2D eigenvalue weighted by Crippen LogP contribution is -2.32. The van der Waals surface area contributed by atoms with E-state index in [0.29, 0.717) is 66.2 Å². The summed E-state index contributed by atoms with van der Waals surface area (Å²) in [6.07, 6.45) is 0. The number of ether oxygens (including phenoxy) is 4. The van der Waals surface area contributed by atoms with Gasteiger partial charge in [-0.25, -0.2) is 0 Å². The summed E-state index contributed by atoms with van der Waals surface area (Å²) in [6.45, 7) is 11.1. The zero-order chi connectivity index (χ0) is 40.8. The quantitative estimate of drug-likeness (QED) is 0.0695. The van der Waals surface area contributed by atoms with E-state index in [1.165, 1.54) is 19.9 Å². The van der Waals surface area contributed by atoms with E-state index in [0.717, 1.165) is 0 Å². The molecule has 0 fully saturated rings. The molecule has 0 aliphatic carbocycles. The number of hydrogen-bond donors (Lipinski definition) is 2. The molecule has 294 valence electrons. The van der Waals surface area contributed by atoms with Crippen molar-refractivity contribution in [3.63, 3.8) is 0 Å². The summed E-state index contributed by atoms with van der Waals surface area (Å²) in [6, 6.07) is 16.9. The average Bonchev–Trinajstić information content (AvgIpc) is 3.16. The minimum Gasteiger partial charge on any atom is -0.492 e. The van der Waals surface area contributed by atoms with Gasteiger partial charge in [0, 0.05) is 5.56 Å². The van der Waals surface area contributed by atoms with Gasteiger partial charge >= 0.3 is 0 Å². The Balaban J connectivity index is 1.51. The van der Waals surface area contributed by atoms with Crippen molar-refractivity contribution in [3.05, 3.63) is 82.8 Å². The Hall–Kier alpha value is -5.86. The molecule has 16 heteroatoms. The molecule has 2 atom stereocenters. The number of benzene rings is 4. The smallest absolute Gasteiger partial charge is 0.259 e. The van der Waals surface area contributed by atoms with Crippen molar-refractivity contribution in [1.82, 2.24) is 0 Å². The molecule has 0 aliphatic heterocycles. The Bertz CT molecular complexity index is 2060. The number of nitrogens with one attached hydrogen (secondary N) is 2. The van der Waals surface area contributed by atoms with Gasteiger partial charge in [0.1, 0.15) is 40.1 Å². The molecule has 14 nitrogen and oxygen atoms in total. The molecule has 56 heavy (non-hydrogen) atoms. The van der Waals surface area contributed by atoms with Gasteiger partial charge in [-0.2, -0.15) is 20.5 Å². The first-order valence-electron chi connectivity index (χ1n) is 17.7. The van der Waals surface area contributed by atoms with Crippen LogP contribution in [0.3, 0.4) is 0 Å². The minimum absolute atomic E-state index is 0.125. The first-order chi connectivity index (χ1) is 26.9. The maximum atomic E-state index is 13.3. The highest BCUT2D eigenvalue weighted by Gasteiger charge is 2.27. The van der Waals surface area contributed by atoms with Crippen LogP contribution in [-0.4, -0.2) is 61.9 Å². The average molecular weight is 806 g/mol. The topological polar surface area (TPSA) is 179 Å². The monoisotopic (exact) mass is 804 g/mol. The van der Waals surface area contributed by atoms with Gasteiger partial charge in [0.05, 0.1) is 42.2 Å². The fourth-order valence-electron chi connectivity index (χ4n) is 5.18. The summed E-state index contributed by atoms with van der Waals surface area (Å²) in [5.74, 6) is -1.03. The molecule has 0 aliphatic rings. The lowest BCUT2D eigenvalue weighted by atomic mass is 10.0. The van der Waals surface area contributed by atoms with Crippen LogP contribution in [0.1, 0.15) is 41.5 Å². The van der Waals surface area contributed by atoms with E-state index in [4.69, 9.17) is 42.1 Å². The number of carbonyl (C=O) groups is 4. The van der Waals surface area contributed by atoms with E-state index < -0.39 is 35.5 Å². The molecule has 4 aromatic carbocycles. The van der Waals surface area contributed by atoms with Crippen molar-refractivity contribution < 1.29 is 38.1 Å². The van der Waals surface area contributed by atoms with Gasteiger partial charge < -0.3 is 29.6 Å². The standard InChI is InChI=1S/C40H42Cl2N6O8/c1-7-53-31-13-11-14-32(54-8-2)37(31)43-39(51)35(23(5)49)47-45-26-19-17-25(18-20-26)27-21-29(42)30(22-28(27)41)46-48-36(24(6)50)40(52)44-38-33(55-9-3)15-12-16-34(38)56-10-4/h11-22,35-36H,7-10H2,1-6H3,(H,43,51)(H,44,52).